The van der Waals surface area contributed by atoms with Crippen LogP contribution in [0.3, 0.4) is 0 Å². The fourth-order valence-corrected chi connectivity index (χ4v) is 2.41. The number of para-hydroxylation sites is 1. The Morgan fingerprint density at radius 1 is 1.00 bits per heavy atom. The summed E-state index contributed by atoms with van der Waals surface area (Å²) < 4.78 is 1.80. The molecule has 3 aromatic rings. The van der Waals surface area contributed by atoms with E-state index in [9.17, 15) is 0 Å². The van der Waals surface area contributed by atoms with Crippen LogP contribution in [-0.4, -0.2) is 32.2 Å². The average Bonchev–Trinajstić information content (AvgIpc) is 3.05. The highest BCUT2D eigenvalue weighted by Crippen LogP contribution is 2.20. The zero-order valence-electron chi connectivity index (χ0n) is 12.8. The van der Waals surface area contributed by atoms with Gasteiger partial charge in [-0.25, -0.2) is 0 Å². The third kappa shape index (κ3) is 3.04. The smallest absolute Gasteiger partial charge is 0.173 e. The van der Waals surface area contributed by atoms with E-state index < -0.39 is 0 Å². The van der Waals surface area contributed by atoms with E-state index in [1.54, 1.807) is 4.68 Å². The predicted molar refractivity (Wildman–Crippen MR) is 85.5 cm³/mol. The molecule has 0 spiro atoms. The summed E-state index contributed by atoms with van der Waals surface area (Å²) in [5, 5.41) is 12.2. The SMILES string of the molecule is C[C@H](c1nnnn1-c1ccccc1)N(C)Cc1ccccc1. The first-order valence-electron chi connectivity index (χ1n) is 7.33. The van der Waals surface area contributed by atoms with E-state index in [-0.39, 0.29) is 6.04 Å². The van der Waals surface area contributed by atoms with Gasteiger partial charge in [0.2, 0.25) is 0 Å². The minimum atomic E-state index is 0.107. The van der Waals surface area contributed by atoms with Crippen molar-refractivity contribution in [2.45, 2.75) is 19.5 Å². The van der Waals surface area contributed by atoms with E-state index >= 15 is 0 Å². The number of benzene rings is 2. The Balaban J connectivity index is 1.81. The second-order valence-corrected chi connectivity index (χ2v) is 5.36. The van der Waals surface area contributed by atoms with Gasteiger partial charge in [-0.1, -0.05) is 48.5 Å². The Kier molecular flexibility index (Phi) is 4.25. The van der Waals surface area contributed by atoms with Crippen molar-refractivity contribution in [2.24, 2.45) is 0 Å². The molecule has 2 aromatic carbocycles. The maximum absolute atomic E-state index is 4.22. The summed E-state index contributed by atoms with van der Waals surface area (Å²) in [6.07, 6.45) is 0. The molecule has 0 unspecified atom stereocenters. The standard InChI is InChI=1S/C17H19N5/c1-14(21(2)13-15-9-5-3-6-10-15)17-18-19-20-22(17)16-11-7-4-8-12-16/h3-12,14H,13H2,1-2H3/t14-/m1/s1. The van der Waals surface area contributed by atoms with Crippen LogP contribution < -0.4 is 0 Å². The van der Waals surface area contributed by atoms with Gasteiger partial charge in [-0.05, 0) is 42.1 Å². The molecule has 1 aromatic heterocycles. The lowest BCUT2D eigenvalue weighted by Crippen LogP contribution is -2.24. The first-order valence-corrected chi connectivity index (χ1v) is 7.33. The fourth-order valence-electron chi connectivity index (χ4n) is 2.41. The summed E-state index contributed by atoms with van der Waals surface area (Å²) in [5.74, 6) is 0.838. The van der Waals surface area contributed by atoms with Crippen molar-refractivity contribution in [1.29, 1.82) is 0 Å². The van der Waals surface area contributed by atoms with Crippen LogP contribution in [0.1, 0.15) is 24.4 Å². The molecule has 0 saturated heterocycles. The van der Waals surface area contributed by atoms with Gasteiger partial charge in [-0.3, -0.25) is 4.90 Å². The molecule has 0 aliphatic carbocycles. The summed E-state index contributed by atoms with van der Waals surface area (Å²) in [6, 6.07) is 20.5. The van der Waals surface area contributed by atoms with Crippen LogP contribution in [-0.2, 0) is 6.54 Å². The van der Waals surface area contributed by atoms with Gasteiger partial charge in [-0.15, -0.1) is 5.10 Å². The van der Waals surface area contributed by atoms with Gasteiger partial charge in [-0.2, -0.15) is 4.68 Å². The number of aromatic nitrogens is 4. The van der Waals surface area contributed by atoms with Crippen molar-refractivity contribution in [1.82, 2.24) is 25.1 Å². The number of hydrogen-bond acceptors (Lipinski definition) is 4. The Bertz CT molecular complexity index is 708. The zero-order valence-corrected chi connectivity index (χ0v) is 12.8. The summed E-state index contributed by atoms with van der Waals surface area (Å²) >= 11 is 0. The molecule has 0 aliphatic rings. The molecule has 112 valence electrons. The zero-order chi connectivity index (χ0) is 15.4. The lowest BCUT2D eigenvalue weighted by atomic mass is 10.2. The van der Waals surface area contributed by atoms with Crippen LogP contribution in [0.15, 0.2) is 60.7 Å². The minimum absolute atomic E-state index is 0.107. The van der Waals surface area contributed by atoms with E-state index in [0.717, 1.165) is 18.1 Å². The monoisotopic (exact) mass is 293 g/mol. The predicted octanol–water partition coefficient (Wildman–Crippen LogP) is 2.86. The summed E-state index contributed by atoms with van der Waals surface area (Å²) in [4.78, 5) is 2.24. The highest BCUT2D eigenvalue weighted by atomic mass is 15.6. The molecule has 0 radical (unpaired) electrons. The number of nitrogens with zero attached hydrogens (tertiary/aromatic N) is 5. The fraction of sp³-hybridized carbons (Fsp3) is 0.235. The van der Waals surface area contributed by atoms with E-state index in [4.69, 9.17) is 0 Å². The second-order valence-electron chi connectivity index (χ2n) is 5.36. The molecule has 0 aliphatic heterocycles. The Hall–Kier alpha value is -2.53. The van der Waals surface area contributed by atoms with Crippen molar-refractivity contribution in [3.63, 3.8) is 0 Å². The molecule has 0 fully saturated rings. The lowest BCUT2D eigenvalue weighted by Gasteiger charge is -2.23. The van der Waals surface area contributed by atoms with Crippen LogP contribution in [0.25, 0.3) is 5.69 Å². The molecule has 5 nitrogen and oxygen atoms in total. The van der Waals surface area contributed by atoms with E-state index in [0.29, 0.717) is 0 Å². The van der Waals surface area contributed by atoms with Gasteiger partial charge >= 0.3 is 0 Å². The largest absolute Gasteiger partial charge is 0.292 e. The Morgan fingerprint density at radius 2 is 1.64 bits per heavy atom. The van der Waals surface area contributed by atoms with Gasteiger partial charge in [0.25, 0.3) is 0 Å². The molecule has 0 saturated carbocycles. The summed E-state index contributed by atoms with van der Waals surface area (Å²) in [5.41, 5.74) is 2.25. The molecule has 3 rings (SSSR count). The first kappa shape index (κ1) is 14.4. The number of tetrazole rings is 1. The number of hydrogen-bond donors (Lipinski definition) is 0. The quantitative estimate of drug-likeness (QED) is 0.725. The van der Waals surface area contributed by atoms with Gasteiger partial charge < -0.3 is 0 Å². The molecule has 0 N–H and O–H groups in total. The van der Waals surface area contributed by atoms with Gasteiger partial charge in [0.1, 0.15) is 0 Å². The maximum atomic E-state index is 4.22. The van der Waals surface area contributed by atoms with E-state index in [1.165, 1.54) is 5.56 Å². The van der Waals surface area contributed by atoms with Crippen LogP contribution in [0.4, 0.5) is 0 Å². The molecule has 22 heavy (non-hydrogen) atoms. The molecule has 5 heteroatoms. The second kappa shape index (κ2) is 6.49. The summed E-state index contributed by atoms with van der Waals surface area (Å²) in [6.45, 7) is 2.97. The van der Waals surface area contributed by atoms with Crippen molar-refractivity contribution in [3.8, 4) is 5.69 Å². The van der Waals surface area contributed by atoms with Crippen molar-refractivity contribution < 1.29 is 0 Å². The first-order chi connectivity index (χ1) is 10.8. The van der Waals surface area contributed by atoms with Crippen LogP contribution in [0, 0.1) is 0 Å². The molecule has 0 bridgehead atoms. The number of rotatable bonds is 5. The highest BCUT2D eigenvalue weighted by Gasteiger charge is 2.19. The van der Waals surface area contributed by atoms with Crippen LogP contribution in [0.5, 0.6) is 0 Å². The normalized spacial score (nSPS) is 12.5. The highest BCUT2D eigenvalue weighted by molar-refractivity contribution is 5.31. The maximum Gasteiger partial charge on any atom is 0.173 e. The van der Waals surface area contributed by atoms with Crippen LogP contribution >= 0.6 is 0 Å². The molecular weight excluding hydrogens is 274 g/mol. The molecule has 1 heterocycles. The molecular formula is C17H19N5. The Morgan fingerprint density at radius 3 is 2.32 bits per heavy atom. The van der Waals surface area contributed by atoms with E-state index in [1.807, 2.05) is 36.4 Å². The van der Waals surface area contributed by atoms with Gasteiger partial charge in [0.15, 0.2) is 5.82 Å². The molecule has 1 atom stereocenters. The Labute approximate surface area is 130 Å². The van der Waals surface area contributed by atoms with Crippen molar-refractivity contribution >= 4 is 0 Å². The van der Waals surface area contributed by atoms with E-state index in [2.05, 4.69) is 58.7 Å². The van der Waals surface area contributed by atoms with Crippen LogP contribution in [0.2, 0.25) is 0 Å². The topological polar surface area (TPSA) is 46.8 Å². The van der Waals surface area contributed by atoms with Crippen molar-refractivity contribution in [3.05, 3.63) is 72.1 Å². The lowest BCUT2D eigenvalue weighted by molar-refractivity contribution is 0.240. The third-order valence-corrected chi connectivity index (χ3v) is 3.80. The minimum Gasteiger partial charge on any atom is -0.292 e. The van der Waals surface area contributed by atoms with Gasteiger partial charge in [0, 0.05) is 6.54 Å². The average molecular weight is 293 g/mol. The summed E-state index contributed by atoms with van der Waals surface area (Å²) in [7, 11) is 2.08. The van der Waals surface area contributed by atoms with Crippen molar-refractivity contribution in [2.75, 3.05) is 7.05 Å². The molecule has 0 amide bonds. The third-order valence-electron chi connectivity index (χ3n) is 3.80. The van der Waals surface area contributed by atoms with Gasteiger partial charge in [0.05, 0.1) is 11.7 Å².